The highest BCUT2D eigenvalue weighted by atomic mass is 15.2. The Kier molecular flexibility index (Phi) is 8.67. The molecule has 164 valence electrons. The largest absolute Gasteiger partial charge is 0.354 e. The highest BCUT2D eigenvalue weighted by Crippen LogP contribution is 2.19. The van der Waals surface area contributed by atoms with E-state index < -0.39 is 0 Å². The molecular formula is C25H34N6. The second-order valence-electron chi connectivity index (χ2n) is 7.41. The average Bonchev–Trinajstić information content (AvgIpc) is 3.26. The Labute approximate surface area is 186 Å². The van der Waals surface area contributed by atoms with E-state index in [9.17, 15) is 0 Å². The van der Waals surface area contributed by atoms with Gasteiger partial charge < -0.3 is 15.2 Å². The quantitative estimate of drug-likeness (QED) is 0.390. The van der Waals surface area contributed by atoms with Gasteiger partial charge in [0.05, 0.1) is 12.6 Å². The molecule has 3 rings (SSSR count). The summed E-state index contributed by atoms with van der Waals surface area (Å²) in [5, 5.41) is 6.93. The van der Waals surface area contributed by atoms with Gasteiger partial charge in [0.25, 0.3) is 0 Å². The molecule has 0 amide bonds. The molecule has 0 fully saturated rings. The Morgan fingerprint density at radius 1 is 1.00 bits per heavy atom. The molecule has 2 N–H and O–H groups in total. The van der Waals surface area contributed by atoms with Crippen LogP contribution in [0.15, 0.2) is 78.0 Å². The molecule has 0 spiro atoms. The number of nitrogens with one attached hydrogen (secondary N) is 2. The van der Waals surface area contributed by atoms with Crippen LogP contribution >= 0.6 is 0 Å². The van der Waals surface area contributed by atoms with Crippen LogP contribution in [0.2, 0.25) is 0 Å². The number of aromatic nitrogens is 2. The molecule has 1 atom stereocenters. The maximum atomic E-state index is 4.53. The molecule has 0 radical (unpaired) electrons. The Morgan fingerprint density at radius 2 is 1.68 bits per heavy atom. The van der Waals surface area contributed by atoms with Gasteiger partial charge >= 0.3 is 0 Å². The standard InChI is InChI=1S/C25H34N6/c1-4-30(5-2)23(22-14-10-7-11-15-22)18-28-25(26-3)29-19-24-27-16-17-31(24)20-21-12-8-6-9-13-21/h6-17,23H,4-5,18-20H2,1-3H3,(H2,26,28,29). The number of hydrogen-bond acceptors (Lipinski definition) is 3. The SMILES string of the molecule is CCN(CC)C(CNC(=NC)NCc1nccn1Cc1ccccc1)c1ccccc1. The first kappa shape index (κ1) is 22.6. The van der Waals surface area contributed by atoms with Crippen LogP contribution in [-0.4, -0.2) is 47.1 Å². The van der Waals surface area contributed by atoms with E-state index in [1.807, 2.05) is 18.5 Å². The molecule has 1 aromatic heterocycles. The number of aliphatic imine (C=N–C) groups is 1. The Balaban J connectivity index is 1.60. The van der Waals surface area contributed by atoms with Crippen LogP contribution in [0.1, 0.15) is 36.8 Å². The molecule has 0 aliphatic rings. The normalized spacial score (nSPS) is 12.7. The molecule has 0 saturated heterocycles. The van der Waals surface area contributed by atoms with Crippen LogP contribution in [0.4, 0.5) is 0 Å². The summed E-state index contributed by atoms with van der Waals surface area (Å²) in [5.74, 6) is 1.76. The van der Waals surface area contributed by atoms with Crippen LogP contribution in [0.3, 0.4) is 0 Å². The number of benzene rings is 2. The lowest BCUT2D eigenvalue weighted by molar-refractivity contribution is 0.219. The van der Waals surface area contributed by atoms with E-state index in [2.05, 4.69) is 98.5 Å². The fraction of sp³-hybridized carbons (Fsp3) is 0.360. The molecule has 1 unspecified atom stereocenters. The second-order valence-corrected chi connectivity index (χ2v) is 7.41. The summed E-state index contributed by atoms with van der Waals surface area (Å²) in [4.78, 5) is 11.4. The third-order valence-corrected chi connectivity index (χ3v) is 5.54. The predicted octanol–water partition coefficient (Wildman–Crippen LogP) is 3.68. The zero-order chi connectivity index (χ0) is 21.9. The summed E-state index contributed by atoms with van der Waals surface area (Å²) in [6.45, 7) is 8.62. The lowest BCUT2D eigenvalue weighted by Gasteiger charge is -2.30. The summed E-state index contributed by atoms with van der Waals surface area (Å²) in [5.41, 5.74) is 2.57. The van der Waals surface area contributed by atoms with Gasteiger partial charge in [0.15, 0.2) is 5.96 Å². The van der Waals surface area contributed by atoms with Crippen molar-refractivity contribution in [3.8, 4) is 0 Å². The molecule has 0 aliphatic heterocycles. The van der Waals surface area contributed by atoms with Gasteiger partial charge in [0, 0.05) is 32.5 Å². The number of nitrogens with zero attached hydrogens (tertiary/aromatic N) is 4. The van der Waals surface area contributed by atoms with E-state index in [4.69, 9.17) is 0 Å². The van der Waals surface area contributed by atoms with Crippen molar-refractivity contribution in [1.29, 1.82) is 0 Å². The van der Waals surface area contributed by atoms with Gasteiger partial charge in [-0.05, 0) is 24.2 Å². The summed E-state index contributed by atoms with van der Waals surface area (Å²) in [7, 11) is 1.81. The third kappa shape index (κ3) is 6.43. The van der Waals surface area contributed by atoms with E-state index in [0.29, 0.717) is 6.54 Å². The highest BCUT2D eigenvalue weighted by molar-refractivity contribution is 5.79. The van der Waals surface area contributed by atoms with E-state index in [1.54, 1.807) is 7.05 Å². The van der Waals surface area contributed by atoms with Gasteiger partial charge in [-0.25, -0.2) is 4.98 Å². The van der Waals surface area contributed by atoms with Crippen LogP contribution < -0.4 is 10.6 Å². The van der Waals surface area contributed by atoms with Crippen LogP contribution in [0.5, 0.6) is 0 Å². The van der Waals surface area contributed by atoms with Gasteiger partial charge in [-0.1, -0.05) is 74.5 Å². The van der Waals surface area contributed by atoms with Crippen LogP contribution in [0, 0.1) is 0 Å². The minimum Gasteiger partial charge on any atom is -0.354 e. The maximum Gasteiger partial charge on any atom is 0.191 e. The van der Waals surface area contributed by atoms with Gasteiger partial charge in [-0.2, -0.15) is 0 Å². The smallest absolute Gasteiger partial charge is 0.191 e. The molecule has 6 heteroatoms. The average molecular weight is 419 g/mol. The second kappa shape index (κ2) is 11.9. The summed E-state index contributed by atoms with van der Waals surface area (Å²) in [6, 6.07) is 21.4. The Morgan fingerprint density at radius 3 is 2.32 bits per heavy atom. The minimum absolute atomic E-state index is 0.287. The lowest BCUT2D eigenvalue weighted by atomic mass is 10.1. The summed E-state index contributed by atoms with van der Waals surface area (Å²) >= 11 is 0. The van der Waals surface area contributed by atoms with Gasteiger partial charge in [0.1, 0.15) is 5.82 Å². The topological polar surface area (TPSA) is 57.5 Å². The monoisotopic (exact) mass is 418 g/mol. The number of rotatable bonds is 10. The van der Waals surface area contributed by atoms with E-state index in [-0.39, 0.29) is 6.04 Å². The number of imidazole rings is 1. The van der Waals surface area contributed by atoms with Crippen molar-refractivity contribution in [3.05, 3.63) is 90.0 Å². The Hall–Kier alpha value is -3.12. The number of likely N-dealkylation sites (N-methyl/N-ethyl adjacent to an activating group) is 1. The summed E-state index contributed by atoms with van der Waals surface area (Å²) < 4.78 is 2.16. The molecule has 0 bridgehead atoms. The summed E-state index contributed by atoms with van der Waals surface area (Å²) in [6.07, 6.45) is 3.87. The molecule has 1 heterocycles. The molecule has 0 saturated carbocycles. The van der Waals surface area contributed by atoms with E-state index in [0.717, 1.165) is 38.0 Å². The van der Waals surface area contributed by atoms with Crippen molar-refractivity contribution in [2.75, 3.05) is 26.7 Å². The molecule has 31 heavy (non-hydrogen) atoms. The number of hydrogen-bond donors (Lipinski definition) is 2. The molecule has 0 aliphatic carbocycles. The fourth-order valence-electron chi connectivity index (χ4n) is 3.81. The first-order valence-corrected chi connectivity index (χ1v) is 11.0. The first-order chi connectivity index (χ1) is 15.2. The van der Waals surface area contributed by atoms with Gasteiger partial charge in [-0.15, -0.1) is 0 Å². The van der Waals surface area contributed by atoms with Crippen molar-refractivity contribution in [2.45, 2.75) is 33.0 Å². The van der Waals surface area contributed by atoms with Crippen molar-refractivity contribution in [3.63, 3.8) is 0 Å². The zero-order valence-electron chi connectivity index (χ0n) is 18.8. The molecule has 6 nitrogen and oxygen atoms in total. The maximum absolute atomic E-state index is 4.53. The first-order valence-electron chi connectivity index (χ1n) is 11.0. The van der Waals surface area contributed by atoms with Crippen LogP contribution in [0.25, 0.3) is 0 Å². The van der Waals surface area contributed by atoms with Gasteiger partial charge in [0.2, 0.25) is 0 Å². The Bertz CT molecular complexity index is 915. The molecule has 2 aromatic carbocycles. The van der Waals surface area contributed by atoms with Crippen molar-refractivity contribution in [2.24, 2.45) is 4.99 Å². The predicted molar refractivity (Wildman–Crippen MR) is 128 cm³/mol. The zero-order valence-corrected chi connectivity index (χ0v) is 18.8. The molecule has 3 aromatic rings. The van der Waals surface area contributed by atoms with E-state index >= 15 is 0 Å². The molecular weight excluding hydrogens is 384 g/mol. The van der Waals surface area contributed by atoms with Crippen LogP contribution in [-0.2, 0) is 13.1 Å². The van der Waals surface area contributed by atoms with E-state index in [1.165, 1.54) is 11.1 Å². The highest BCUT2D eigenvalue weighted by Gasteiger charge is 2.18. The van der Waals surface area contributed by atoms with Crippen molar-refractivity contribution >= 4 is 5.96 Å². The van der Waals surface area contributed by atoms with Gasteiger partial charge in [-0.3, -0.25) is 9.89 Å². The number of guanidine groups is 1. The van der Waals surface area contributed by atoms with Crippen molar-refractivity contribution < 1.29 is 0 Å². The minimum atomic E-state index is 0.287. The lowest BCUT2D eigenvalue weighted by Crippen LogP contribution is -2.43. The fourth-order valence-corrected chi connectivity index (χ4v) is 3.81. The van der Waals surface area contributed by atoms with Crippen molar-refractivity contribution in [1.82, 2.24) is 25.1 Å². The third-order valence-electron chi connectivity index (χ3n) is 5.54.